The van der Waals surface area contributed by atoms with Gasteiger partial charge in [-0.25, -0.2) is 17.6 Å². The van der Waals surface area contributed by atoms with E-state index in [9.17, 15) is 35.9 Å². The predicted molar refractivity (Wildman–Crippen MR) is 144 cm³/mol. The SMILES string of the molecule is O=C(NNc1ccc(Cl)c(Cl)c1)c1snnc1C(F)F.O=C(Nc1cccc(SC(F)F)c1)c1snnc1C(F)F. The van der Waals surface area contributed by atoms with Crippen LogP contribution >= 0.6 is 58.0 Å². The highest BCUT2D eigenvalue weighted by Crippen LogP contribution is 2.29. The molecule has 4 rings (SSSR count). The highest BCUT2D eigenvalue weighted by atomic mass is 35.5. The maximum atomic E-state index is 12.6. The summed E-state index contributed by atoms with van der Waals surface area (Å²) in [6, 6.07) is 10.3. The molecule has 0 saturated heterocycles. The molecule has 0 fully saturated rings. The zero-order valence-corrected chi connectivity index (χ0v) is 23.6. The molecule has 20 heteroatoms. The molecule has 0 aliphatic rings. The summed E-state index contributed by atoms with van der Waals surface area (Å²) in [4.78, 5) is 23.3. The Balaban J connectivity index is 0.000000226. The Bertz CT molecular complexity index is 1500. The molecule has 2 aromatic carbocycles. The molecule has 2 aromatic heterocycles. The predicted octanol–water partition coefficient (Wildman–Crippen LogP) is 7.58. The van der Waals surface area contributed by atoms with E-state index in [2.05, 4.69) is 35.3 Å². The summed E-state index contributed by atoms with van der Waals surface area (Å²) >= 11 is 13.0. The Morgan fingerprint density at radius 1 is 0.780 bits per heavy atom. The van der Waals surface area contributed by atoms with Crippen LogP contribution in [0.15, 0.2) is 47.4 Å². The van der Waals surface area contributed by atoms with Crippen molar-refractivity contribution >= 4 is 81.2 Å². The van der Waals surface area contributed by atoms with E-state index in [4.69, 9.17) is 23.2 Å². The minimum absolute atomic E-state index is 0.222. The van der Waals surface area contributed by atoms with Crippen LogP contribution < -0.4 is 16.2 Å². The number of rotatable bonds is 9. The van der Waals surface area contributed by atoms with Crippen molar-refractivity contribution in [3.8, 4) is 0 Å². The normalized spacial score (nSPS) is 10.9. The lowest BCUT2D eigenvalue weighted by Crippen LogP contribution is -2.29. The molecule has 0 bridgehead atoms. The smallest absolute Gasteiger partial charge is 0.288 e. The second-order valence-corrected chi connectivity index (χ2v) is 10.5. The number of amides is 2. The Labute approximate surface area is 248 Å². The maximum Gasteiger partial charge on any atom is 0.288 e. The van der Waals surface area contributed by atoms with Crippen LogP contribution in [0.1, 0.15) is 43.6 Å². The van der Waals surface area contributed by atoms with E-state index in [1.807, 2.05) is 0 Å². The Morgan fingerprint density at radius 2 is 1.39 bits per heavy atom. The van der Waals surface area contributed by atoms with Gasteiger partial charge < -0.3 is 5.32 Å². The second kappa shape index (κ2) is 15.2. The van der Waals surface area contributed by atoms with E-state index in [-0.39, 0.29) is 20.3 Å². The number of benzene rings is 2. The van der Waals surface area contributed by atoms with Gasteiger partial charge in [-0.3, -0.25) is 20.4 Å². The zero-order valence-electron chi connectivity index (χ0n) is 19.6. The van der Waals surface area contributed by atoms with Gasteiger partial charge in [-0.05, 0) is 59.5 Å². The van der Waals surface area contributed by atoms with Crippen LogP contribution in [0.3, 0.4) is 0 Å². The molecule has 3 N–H and O–H groups in total. The van der Waals surface area contributed by atoms with Gasteiger partial charge in [0.1, 0.15) is 9.75 Å². The molecule has 2 heterocycles. The van der Waals surface area contributed by atoms with Gasteiger partial charge in [-0.1, -0.05) is 50.0 Å². The Hall–Kier alpha value is -3.19. The van der Waals surface area contributed by atoms with Crippen LogP contribution in [-0.4, -0.2) is 36.7 Å². The third-order valence-electron chi connectivity index (χ3n) is 4.41. The summed E-state index contributed by atoms with van der Waals surface area (Å²) in [6.07, 6.45) is -5.77. The van der Waals surface area contributed by atoms with Crippen molar-refractivity contribution in [2.75, 3.05) is 10.7 Å². The van der Waals surface area contributed by atoms with Crippen molar-refractivity contribution in [2.45, 2.75) is 23.5 Å². The Morgan fingerprint density at radius 3 is 1.95 bits per heavy atom. The average Bonchev–Trinajstić information content (AvgIpc) is 3.60. The van der Waals surface area contributed by atoms with Crippen LogP contribution in [0.2, 0.25) is 10.0 Å². The molecular weight excluding hydrogens is 663 g/mol. The largest absolute Gasteiger partial charge is 0.321 e. The van der Waals surface area contributed by atoms with E-state index in [1.165, 1.54) is 36.4 Å². The molecule has 0 radical (unpaired) electrons. The van der Waals surface area contributed by atoms with Crippen LogP contribution in [0.25, 0.3) is 0 Å². The number of halogens is 8. The van der Waals surface area contributed by atoms with Gasteiger partial charge in [0.2, 0.25) is 0 Å². The first-order valence-electron chi connectivity index (χ1n) is 10.5. The number of carbonyl (C=O) groups excluding carboxylic acids is 2. The number of hydrogen-bond donors (Lipinski definition) is 3. The van der Waals surface area contributed by atoms with Crippen molar-refractivity contribution in [3.63, 3.8) is 0 Å². The third-order valence-corrected chi connectivity index (χ3v) is 7.33. The molecule has 41 heavy (non-hydrogen) atoms. The van der Waals surface area contributed by atoms with E-state index < -0.39 is 41.8 Å². The number of thioether (sulfide) groups is 1. The first kappa shape index (κ1) is 32.3. The molecule has 0 aliphatic heterocycles. The minimum atomic E-state index is -2.91. The highest BCUT2D eigenvalue weighted by molar-refractivity contribution is 7.99. The van der Waals surface area contributed by atoms with Crippen LogP contribution in [-0.2, 0) is 0 Å². The fraction of sp³-hybridized carbons (Fsp3) is 0.143. The summed E-state index contributed by atoms with van der Waals surface area (Å²) in [5, 5.41) is 9.40. The first-order chi connectivity index (χ1) is 19.5. The molecule has 0 spiro atoms. The number of nitrogens with zero attached hydrogens (tertiary/aromatic N) is 4. The van der Waals surface area contributed by atoms with Crippen molar-refractivity contribution < 1.29 is 35.9 Å². The standard InChI is InChI=1S/C11H7F4N3OS2.C10H6Cl2F2N4OS/c12-9(13)7-8(21-18-17-7)10(19)16-5-2-1-3-6(4-5)20-11(14)15;11-5-2-1-4(3-6(5)12)15-17-10(19)8-7(9(13)14)16-18-20-8/h1-4,9,11H,(H,16,19);1-3,9,15H,(H,17,19). The quantitative estimate of drug-likeness (QED) is 0.0943. The lowest BCUT2D eigenvalue weighted by atomic mass is 10.3. The summed E-state index contributed by atoms with van der Waals surface area (Å²) in [6.45, 7) is 0. The molecule has 0 unspecified atom stereocenters. The highest BCUT2D eigenvalue weighted by Gasteiger charge is 2.24. The van der Waals surface area contributed by atoms with Gasteiger partial charge in [0, 0.05) is 10.6 Å². The van der Waals surface area contributed by atoms with Crippen molar-refractivity contribution in [1.82, 2.24) is 24.6 Å². The summed E-state index contributed by atoms with van der Waals surface area (Å²) in [5.41, 5.74) is 4.10. The number of hydrazine groups is 1. The number of anilines is 2. The number of carbonyl (C=O) groups is 2. The summed E-state index contributed by atoms with van der Waals surface area (Å²) in [7, 11) is 0. The topological polar surface area (TPSA) is 122 Å². The van der Waals surface area contributed by atoms with E-state index >= 15 is 0 Å². The van der Waals surface area contributed by atoms with Gasteiger partial charge in [-0.15, -0.1) is 10.2 Å². The second-order valence-electron chi connectivity index (χ2n) is 7.14. The molecule has 0 aliphatic carbocycles. The summed E-state index contributed by atoms with van der Waals surface area (Å²) < 4.78 is 81.5. The zero-order chi connectivity index (χ0) is 30.1. The number of nitrogens with one attached hydrogen (secondary N) is 3. The number of alkyl halides is 6. The molecule has 0 atom stereocenters. The fourth-order valence-corrected chi connectivity index (χ4v) is 4.68. The third kappa shape index (κ3) is 9.42. The monoisotopic (exact) mass is 675 g/mol. The number of hydrogen-bond acceptors (Lipinski definition) is 10. The molecule has 2 amide bonds. The van der Waals surface area contributed by atoms with Gasteiger partial charge in [-0.2, -0.15) is 8.78 Å². The number of aromatic nitrogens is 4. The van der Waals surface area contributed by atoms with Gasteiger partial charge in [0.25, 0.3) is 30.4 Å². The van der Waals surface area contributed by atoms with Gasteiger partial charge >= 0.3 is 0 Å². The molecule has 0 saturated carbocycles. The van der Waals surface area contributed by atoms with Gasteiger partial charge in [0.05, 0.1) is 15.7 Å². The Kier molecular flexibility index (Phi) is 11.9. The van der Waals surface area contributed by atoms with E-state index in [0.717, 1.165) is 0 Å². The summed E-state index contributed by atoms with van der Waals surface area (Å²) in [5.74, 6) is -4.16. The lowest BCUT2D eigenvalue weighted by Gasteiger charge is -2.08. The van der Waals surface area contributed by atoms with Crippen LogP contribution in [0, 0.1) is 0 Å². The first-order valence-corrected chi connectivity index (χ1v) is 13.7. The molecule has 218 valence electrons. The molecular formula is C21H13Cl2F6N7O2S3. The van der Waals surface area contributed by atoms with E-state index in [0.29, 0.717) is 50.6 Å². The average molecular weight is 676 g/mol. The van der Waals surface area contributed by atoms with E-state index in [1.54, 1.807) is 6.07 Å². The van der Waals surface area contributed by atoms with Gasteiger partial charge in [0.15, 0.2) is 11.4 Å². The van der Waals surface area contributed by atoms with Crippen molar-refractivity contribution in [2.24, 2.45) is 0 Å². The fourth-order valence-electron chi connectivity index (χ4n) is 2.69. The van der Waals surface area contributed by atoms with Crippen molar-refractivity contribution in [1.29, 1.82) is 0 Å². The molecule has 4 aromatic rings. The maximum absolute atomic E-state index is 12.6. The van der Waals surface area contributed by atoms with Crippen LogP contribution in [0.4, 0.5) is 37.7 Å². The molecule has 9 nitrogen and oxygen atoms in total. The lowest BCUT2D eigenvalue weighted by molar-refractivity contribution is 0.0951. The van der Waals surface area contributed by atoms with Crippen LogP contribution in [0.5, 0.6) is 0 Å². The van der Waals surface area contributed by atoms with Crippen molar-refractivity contribution in [3.05, 3.63) is 73.7 Å². The minimum Gasteiger partial charge on any atom is -0.321 e.